The van der Waals surface area contributed by atoms with Gasteiger partial charge in [-0.05, 0) is 23.6 Å². The first-order valence-electron chi connectivity index (χ1n) is 15.6. The number of hydrogen-bond donors (Lipinski definition) is 1. The minimum Gasteiger partial charge on any atom is -0.394 e. The van der Waals surface area contributed by atoms with Gasteiger partial charge in [0, 0.05) is 30.9 Å². The van der Waals surface area contributed by atoms with Crippen molar-refractivity contribution < 1.29 is 19.5 Å². The number of thioether (sulfide) groups is 1. The van der Waals surface area contributed by atoms with Crippen LogP contribution in [0.15, 0.2) is 115 Å². The maximum Gasteiger partial charge on any atom is 0.247 e. The molecule has 0 aromatic heterocycles. The Kier molecular flexibility index (Phi) is 7.66. The number of likely N-dealkylation sites (tertiary alicyclic amines) is 1. The number of fused-ring (bicyclic) bond motifs is 2. The normalized spacial score (nSPS) is 29.7. The third-order valence-electron chi connectivity index (χ3n) is 9.79. The van der Waals surface area contributed by atoms with Gasteiger partial charge >= 0.3 is 0 Å². The fourth-order valence-corrected chi connectivity index (χ4v) is 9.96. The number of nitrogens with zero attached hydrogens (tertiary/aromatic N) is 3. The average Bonchev–Trinajstić information content (AvgIpc) is 3.34. The lowest BCUT2D eigenvalue weighted by Crippen LogP contribution is -2.54. The molecule has 7 nitrogen and oxygen atoms in total. The van der Waals surface area contributed by atoms with Crippen molar-refractivity contribution in [1.29, 1.82) is 0 Å². The molecule has 0 saturated carbocycles. The quantitative estimate of drug-likeness (QED) is 0.391. The molecule has 230 valence electrons. The van der Waals surface area contributed by atoms with Gasteiger partial charge in [0.2, 0.25) is 17.7 Å². The number of carbonyl (C=O) groups excluding carboxylic acids is 3. The van der Waals surface area contributed by atoms with E-state index in [1.54, 1.807) is 21.6 Å². The number of hydrogen-bond acceptors (Lipinski definition) is 5. The highest BCUT2D eigenvalue weighted by Gasteiger charge is 2.74. The van der Waals surface area contributed by atoms with E-state index >= 15 is 0 Å². The SMILES string of the molecule is C[C@]12C=CCN(Cc3ccccc3)C(=O)[C@H]1[C@H]1C(=O)N([C@H](CO)c3ccccc3)C3C(=O)N(Cc4ccccc4)CC=C[C@@]31S2. The maximum absolute atomic E-state index is 15.0. The number of rotatable bonds is 7. The Morgan fingerprint density at radius 1 is 0.733 bits per heavy atom. The van der Waals surface area contributed by atoms with Gasteiger partial charge in [0.1, 0.15) is 6.04 Å². The Labute approximate surface area is 268 Å². The smallest absolute Gasteiger partial charge is 0.247 e. The molecule has 3 aromatic rings. The van der Waals surface area contributed by atoms with E-state index in [1.165, 1.54) is 0 Å². The molecular weight excluding hydrogens is 582 g/mol. The zero-order valence-corrected chi connectivity index (χ0v) is 26.1. The Bertz CT molecular complexity index is 1650. The molecule has 1 N–H and O–H groups in total. The molecule has 3 aromatic carbocycles. The molecule has 4 heterocycles. The first-order chi connectivity index (χ1) is 21.9. The second-order valence-corrected chi connectivity index (χ2v) is 14.4. The van der Waals surface area contributed by atoms with Gasteiger partial charge in [-0.2, -0.15) is 0 Å². The Balaban J connectivity index is 1.34. The van der Waals surface area contributed by atoms with Gasteiger partial charge in [0.15, 0.2) is 0 Å². The zero-order chi connectivity index (χ0) is 31.2. The Morgan fingerprint density at radius 2 is 1.27 bits per heavy atom. The number of carbonyl (C=O) groups is 3. The third-order valence-corrected chi connectivity index (χ3v) is 11.6. The van der Waals surface area contributed by atoms with Crippen LogP contribution < -0.4 is 0 Å². The second kappa shape index (κ2) is 11.7. The summed E-state index contributed by atoms with van der Waals surface area (Å²) in [6.45, 7) is 3.37. The molecule has 1 spiro atoms. The predicted molar refractivity (Wildman–Crippen MR) is 175 cm³/mol. The highest BCUT2D eigenvalue weighted by atomic mass is 32.2. The summed E-state index contributed by atoms with van der Waals surface area (Å²) in [6, 6.07) is 27.5. The predicted octanol–water partition coefficient (Wildman–Crippen LogP) is 4.60. The summed E-state index contributed by atoms with van der Waals surface area (Å²) in [7, 11) is 0. The molecule has 0 radical (unpaired) electrons. The van der Waals surface area contributed by atoms with Crippen molar-refractivity contribution in [3.63, 3.8) is 0 Å². The second-order valence-electron chi connectivity index (χ2n) is 12.6. The number of amides is 3. The van der Waals surface area contributed by atoms with E-state index in [-0.39, 0.29) is 24.3 Å². The lowest BCUT2D eigenvalue weighted by molar-refractivity contribution is -0.147. The van der Waals surface area contributed by atoms with E-state index in [0.29, 0.717) is 26.2 Å². The largest absolute Gasteiger partial charge is 0.394 e. The van der Waals surface area contributed by atoms with E-state index in [2.05, 4.69) is 6.08 Å². The highest BCUT2D eigenvalue weighted by Crippen LogP contribution is 2.66. The molecule has 8 heteroatoms. The zero-order valence-electron chi connectivity index (χ0n) is 25.2. The van der Waals surface area contributed by atoms with Crippen LogP contribution in [0.2, 0.25) is 0 Å². The number of benzene rings is 3. The monoisotopic (exact) mass is 619 g/mol. The van der Waals surface area contributed by atoms with Crippen LogP contribution in [0, 0.1) is 11.8 Å². The molecule has 2 saturated heterocycles. The van der Waals surface area contributed by atoms with Crippen LogP contribution in [0.4, 0.5) is 0 Å². The molecular formula is C37H37N3O4S. The molecule has 3 amide bonds. The molecule has 0 aliphatic carbocycles. The van der Waals surface area contributed by atoms with Gasteiger partial charge < -0.3 is 19.8 Å². The molecule has 7 rings (SSSR count). The van der Waals surface area contributed by atoms with Gasteiger partial charge in [0.25, 0.3) is 0 Å². The first-order valence-corrected chi connectivity index (χ1v) is 16.4. The van der Waals surface area contributed by atoms with Crippen molar-refractivity contribution in [2.24, 2.45) is 11.8 Å². The van der Waals surface area contributed by atoms with Crippen LogP contribution in [-0.2, 0) is 27.5 Å². The molecule has 4 aliphatic heterocycles. The maximum atomic E-state index is 15.0. The lowest BCUT2D eigenvalue weighted by Gasteiger charge is -2.40. The minimum absolute atomic E-state index is 0.0822. The summed E-state index contributed by atoms with van der Waals surface area (Å²) in [4.78, 5) is 49.7. The van der Waals surface area contributed by atoms with Gasteiger partial charge in [-0.25, -0.2) is 0 Å². The average molecular weight is 620 g/mol. The summed E-state index contributed by atoms with van der Waals surface area (Å²) in [5.41, 5.74) is 2.77. The number of aliphatic hydroxyl groups excluding tert-OH is 1. The molecule has 6 atom stereocenters. The first kappa shape index (κ1) is 29.6. The topological polar surface area (TPSA) is 81.2 Å². The molecule has 1 unspecified atom stereocenters. The van der Waals surface area contributed by atoms with Crippen LogP contribution in [-0.4, -0.2) is 72.8 Å². The highest BCUT2D eigenvalue weighted by molar-refractivity contribution is 8.02. The Hall–Kier alpha value is -4.14. The van der Waals surface area contributed by atoms with Crippen LogP contribution in [0.5, 0.6) is 0 Å². The summed E-state index contributed by atoms with van der Waals surface area (Å²) < 4.78 is -1.69. The summed E-state index contributed by atoms with van der Waals surface area (Å²) in [5.74, 6) is -1.97. The van der Waals surface area contributed by atoms with Crippen molar-refractivity contribution >= 4 is 29.5 Å². The van der Waals surface area contributed by atoms with E-state index in [1.807, 2.05) is 121 Å². The lowest BCUT2D eigenvalue weighted by atomic mass is 9.74. The fraction of sp³-hybridized carbons (Fsp3) is 0.324. The summed E-state index contributed by atoms with van der Waals surface area (Å²) in [5, 5.41) is 10.8. The third kappa shape index (κ3) is 4.91. The summed E-state index contributed by atoms with van der Waals surface area (Å²) in [6.07, 6.45) is 8.15. The van der Waals surface area contributed by atoms with Crippen molar-refractivity contribution in [3.05, 3.63) is 132 Å². The van der Waals surface area contributed by atoms with Gasteiger partial charge in [-0.3, -0.25) is 14.4 Å². The number of aliphatic hydroxyl groups is 1. The van der Waals surface area contributed by atoms with Gasteiger partial charge in [0.05, 0.1) is 29.2 Å². The molecule has 0 bridgehead atoms. The molecule has 45 heavy (non-hydrogen) atoms. The summed E-state index contributed by atoms with van der Waals surface area (Å²) >= 11 is 1.57. The molecule has 2 fully saturated rings. The van der Waals surface area contributed by atoms with Crippen molar-refractivity contribution in [2.45, 2.75) is 41.6 Å². The van der Waals surface area contributed by atoms with E-state index in [4.69, 9.17) is 0 Å². The van der Waals surface area contributed by atoms with Crippen LogP contribution in [0.25, 0.3) is 0 Å². The van der Waals surface area contributed by atoms with Crippen LogP contribution in [0.3, 0.4) is 0 Å². The van der Waals surface area contributed by atoms with E-state index in [0.717, 1.165) is 16.7 Å². The fourth-order valence-electron chi connectivity index (χ4n) is 7.82. The van der Waals surface area contributed by atoms with E-state index < -0.39 is 33.4 Å². The minimum atomic E-state index is -0.989. The van der Waals surface area contributed by atoms with E-state index in [9.17, 15) is 19.5 Å². The standard InChI is InChI=1S/C37H37N3O4S/c1-36-19-11-21-38(23-26-13-5-2-6-14-26)33(42)30(36)31-34(43)40(29(25-41)28-17-9-4-10-18-28)32-35(44)39(22-12-20-37(31,32)45-36)24-27-15-7-3-8-16-27/h2-20,29-32,41H,21-25H2,1H3/t29-,30-,31+,32?,36+,37+/m1/s1. The van der Waals surface area contributed by atoms with Crippen LogP contribution in [0.1, 0.15) is 29.7 Å². The van der Waals surface area contributed by atoms with Gasteiger partial charge in [-0.1, -0.05) is 115 Å². The molecule has 4 aliphatic rings. The Morgan fingerprint density at radius 3 is 1.84 bits per heavy atom. The van der Waals surface area contributed by atoms with Crippen LogP contribution >= 0.6 is 11.8 Å². The van der Waals surface area contributed by atoms with Crippen molar-refractivity contribution in [1.82, 2.24) is 14.7 Å². The van der Waals surface area contributed by atoms with Crippen molar-refractivity contribution in [2.75, 3.05) is 19.7 Å². The van der Waals surface area contributed by atoms with Gasteiger partial charge in [-0.15, -0.1) is 11.8 Å². The van der Waals surface area contributed by atoms with Crippen molar-refractivity contribution in [3.8, 4) is 0 Å².